The Hall–Kier alpha value is -2.53. The summed E-state index contributed by atoms with van der Waals surface area (Å²) >= 11 is 0. The van der Waals surface area contributed by atoms with Gasteiger partial charge in [-0.3, -0.25) is 4.72 Å². The van der Waals surface area contributed by atoms with Gasteiger partial charge in [0.1, 0.15) is 5.75 Å². The van der Waals surface area contributed by atoms with Crippen molar-refractivity contribution < 1.29 is 13.5 Å². The van der Waals surface area contributed by atoms with Gasteiger partial charge in [0.05, 0.1) is 10.6 Å². The number of hydrogen-bond donors (Lipinski definition) is 2. The lowest BCUT2D eigenvalue weighted by Crippen LogP contribution is -2.13. The van der Waals surface area contributed by atoms with Crippen molar-refractivity contribution in [3.05, 3.63) is 66.2 Å². The largest absolute Gasteiger partial charge is 0.507 e. The molecule has 0 atom stereocenters. The number of phenolic OH excluding ortho intramolecular Hbond substituents is 1. The Bertz CT molecular complexity index is 927. The van der Waals surface area contributed by atoms with Crippen LogP contribution in [0, 0.1) is 6.92 Å². The molecule has 0 unspecified atom stereocenters. The van der Waals surface area contributed by atoms with Gasteiger partial charge < -0.3 is 5.11 Å². The van der Waals surface area contributed by atoms with E-state index in [9.17, 15) is 13.5 Å². The number of benzene rings is 3. The molecule has 22 heavy (non-hydrogen) atoms. The van der Waals surface area contributed by atoms with Crippen LogP contribution in [-0.4, -0.2) is 13.5 Å². The highest BCUT2D eigenvalue weighted by Crippen LogP contribution is 2.32. The van der Waals surface area contributed by atoms with Crippen LogP contribution in [0.3, 0.4) is 0 Å². The molecule has 0 aromatic heterocycles. The van der Waals surface area contributed by atoms with Crippen LogP contribution in [0.5, 0.6) is 5.75 Å². The van der Waals surface area contributed by atoms with Crippen molar-refractivity contribution in [3.63, 3.8) is 0 Å². The molecule has 0 aliphatic heterocycles. The summed E-state index contributed by atoms with van der Waals surface area (Å²) in [7, 11) is -3.70. The maximum atomic E-state index is 12.5. The fourth-order valence-corrected chi connectivity index (χ4v) is 3.40. The highest BCUT2D eigenvalue weighted by molar-refractivity contribution is 7.92. The quantitative estimate of drug-likeness (QED) is 0.775. The van der Waals surface area contributed by atoms with Crippen LogP contribution in [-0.2, 0) is 10.0 Å². The summed E-state index contributed by atoms with van der Waals surface area (Å²) in [5.41, 5.74) is 1.35. The highest BCUT2D eigenvalue weighted by Gasteiger charge is 2.16. The minimum atomic E-state index is -3.70. The third kappa shape index (κ3) is 2.63. The molecule has 0 aliphatic rings. The SMILES string of the molecule is Cc1ccc(S(=O)(=O)Nc2cccc3cccc(O)c23)cc1. The summed E-state index contributed by atoms with van der Waals surface area (Å²) in [5, 5.41) is 11.3. The number of sulfonamides is 1. The summed E-state index contributed by atoms with van der Waals surface area (Å²) in [5.74, 6) is 0.0414. The van der Waals surface area contributed by atoms with Crippen molar-refractivity contribution >= 4 is 26.5 Å². The maximum absolute atomic E-state index is 12.5. The van der Waals surface area contributed by atoms with Crippen LogP contribution in [0.15, 0.2) is 65.6 Å². The van der Waals surface area contributed by atoms with Crippen LogP contribution in [0.4, 0.5) is 5.69 Å². The summed E-state index contributed by atoms with van der Waals surface area (Å²) in [6, 6.07) is 16.9. The van der Waals surface area contributed by atoms with E-state index < -0.39 is 10.0 Å². The molecule has 0 radical (unpaired) electrons. The molecular formula is C17H15NO3S. The maximum Gasteiger partial charge on any atom is 0.261 e. The first-order chi connectivity index (χ1) is 10.5. The van der Waals surface area contributed by atoms with Crippen molar-refractivity contribution in [3.8, 4) is 5.75 Å². The fraction of sp³-hybridized carbons (Fsp3) is 0.0588. The molecule has 0 spiro atoms. The van der Waals surface area contributed by atoms with Gasteiger partial charge in [-0.05, 0) is 36.6 Å². The molecule has 2 N–H and O–H groups in total. The molecule has 0 amide bonds. The monoisotopic (exact) mass is 313 g/mol. The normalized spacial score (nSPS) is 11.5. The molecule has 5 heteroatoms. The Morgan fingerprint density at radius 3 is 2.23 bits per heavy atom. The molecule has 0 saturated carbocycles. The fourth-order valence-electron chi connectivity index (χ4n) is 2.33. The molecule has 3 rings (SSSR count). The molecule has 0 fully saturated rings. The van der Waals surface area contributed by atoms with Gasteiger partial charge in [-0.2, -0.15) is 0 Å². The topological polar surface area (TPSA) is 66.4 Å². The van der Waals surface area contributed by atoms with Gasteiger partial charge >= 0.3 is 0 Å². The Kier molecular flexibility index (Phi) is 3.50. The van der Waals surface area contributed by atoms with E-state index in [4.69, 9.17) is 0 Å². The van der Waals surface area contributed by atoms with Crippen LogP contribution in [0.1, 0.15) is 5.56 Å². The third-order valence-electron chi connectivity index (χ3n) is 3.46. The predicted molar refractivity (Wildman–Crippen MR) is 87.6 cm³/mol. The van der Waals surface area contributed by atoms with Gasteiger partial charge in [0.2, 0.25) is 0 Å². The summed E-state index contributed by atoms with van der Waals surface area (Å²) in [4.78, 5) is 0.186. The van der Waals surface area contributed by atoms with Crippen molar-refractivity contribution in [2.75, 3.05) is 4.72 Å². The van der Waals surface area contributed by atoms with Crippen molar-refractivity contribution in [2.45, 2.75) is 11.8 Å². The zero-order valence-corrected chi connectivity index (χ0v) is 12.8. The van der Waals surface area contributed by atoms with E-state index in [1.165, 1.54) is 6.07 Å². The zero-order chi connectivity index (χ0) is 15.7. The van der Waals surface area contributed by atoms with E-state index >= 15 is 0 Å². The Morgan fingerprint density at radius 1 is 0.909 bits per heavy atom. The molecule has 112 valence electrons. The lowest BCUT2D eigenvalue weighted by atomic mass is 10.1. The van der Waals surface area contributed by atoms with E-state index in [0.29, 0.717) is 11.1 Å². The Balaban J connectivity index is 2.08. The Morgan fingerprint density at radius 2 is 1.55 bits per heavy atom. The molecular weight excluding hydrogens is 298 g/mol. The number of aryl methyl sites for hydroxylation is 1. The first-order valence-corrected chi connectivity index (χ1v) is 8.26. The van der Waals surface area contributed by atoms with Crippen LogP contribution >= 0.6 is 0 Å². The van der Waals surface area contributed by atoms with E-state index in [1.54, 1.807) is 42.5 Å². The first-order valence-electron chi connectivity index (χ1n) is 6.77. The number of fused-ring (bicyclic) bond motifs is 1. The second-order valence-corrected chi connectivity index (χ2v) is 6.78. The molecule has 4 nitrogen and oxygen atoms in total. The van der Waals surface area contributed by atoms with Gasteiger partial charge in [-0.15, -0.1) is 0 Å². The molecule has 0 bridgehead atoms. The zero-order valence-electron chi connectivity index (χ0n) is 11.9. The summed E-state index contributed by atoms with van der Waals surface area (Å²) in [6.45, 7) is 1.90. The minimum Gasteiger partial charge on any atom is -0.507 e. The van der Waals surface area contributed by atoms with E-state index in [1.807, 2.05) is 19.1 Å². The van der Waals surface area contributed by atoms with E-state index in [0.717, 1.165) is 10.9 Å². The highest BCUT2D eigenvalue weighted by atomic mass is 32.2. The number of rotatable bonds is 3. The third-order valence-corrected chi connectivity index (χ3v) is 4.84. The average molecular weight is 313 g/mol. The van der Waals surface area contributed by atoms with E-state index in [-0.39, 0.29) is 10.6 Å². The predicted octanol–water partition coefficient (Wildman–Crippen LogP) is 3.65. The molecule has 0 saturated heterocycles. The number of nitrogens with one attached hydrogen (secondary N) is 1. The lowest BCUT2D eigenvalue weighted by Gasteiger charge is -2.12. The first kappa shape index (κ1) is 14.4. The van der Waals surface area contributed by atoms with Crippen molar-refractivity contribution in [1.82, 2.24) is 0 Å². The molecule has 0 aliphatic carbocycles. The van der Waals surface area contributed by atoms with E-state index in [2.05, 4.69) is 4.72 Å². The lowest BCUT2D eigenvalue weighted by molar-refractivity contribution is 0.482. The minimum absolute atomic E-state index is 0.0414. The van der Waals surface area contributed by atoms with Gasteiger partial charge in [0, 0.05) is 5.39 Å². The van der Waals surface area contributed by atoms with Crippen molar-refractivity contribution in [1.29, 1.82) is 0 Å². The van der Waals surface area contributed by atoms with Crippen LogP contribution in [0.25, 0.3) is 10.8 Å². The smallest absolute Gasteiger partial charge is 0.261 e. The number of phenols is 1. The molecule has 3 aromatic carbocycles. The second kappa shape index (κ2) is 5.35. The van der Waals surface area contributed by atoms with Gasteiger partial charge in [0.15, 0.2) is 0 Å². The van der Waals surface area contributed by atoms with Crippen LogP contribution < -0.4 is 4.72 Å². The van der Waals surface area contributed by atoms with Crippen LogP contribution in [0.2, 0.25) is 0 Å². The van der Waals surface area contributed by atoms with Gasteiger partial charge in [-0.25, -0.2) is 8.42 Å². The standard InChI is InChI=1S/C17H15NO3S/c1-12-8-10-14(11-9-12)22(20,21)18-15-6-2-4-13-5-3-7-16(19)17(13)15/h2-11,18-19H,1H3. The number of hydrogen-bond acceptors (Lipinski definition) is 3. The van der Waals surface area contributed by atoms with Crippen molar-refractivity contribution in [2.24, 2.45) is 0 Å². The average Bonchev–Trinajstić information content (AvgIpc) is 2.47. The van der Waals surface area contributed by atoms with Gasteiger partial charge in [0.25, 0.3) is 10.0 Å². The molecule has 3 aromatic rings. The Labute approximate surface area is 129 Å². The summed E-state index contributed by atoms with van der Waals surface area (Å²) in [6.07, 6.45) is 0. The molecule has 0 heterocycles. The number of aromatic hydroxyl groups is 1. The summed E-state index contributed by atoms with van der Waals surface area (Å²) < 4.78 is 27.5. The second-order valence-electron chi connectivity index (χ2n) is 5.10. The number of anilines is 1. The van der Waals surface area contributed by atoms with Gasteiger partial charge in [-0.1, -0.05) is 42.0 Å².